The van der Waals surface area contributed by atoms with Crippen LogP contribution in [0.5, 0.6) is 5.75 Å². The van der Waals surface area contributed by atoms with E-state index in [1.54, 1.807) is 0 Å². The maximum atomic E-state index is 5.99. The highest BCUT2D eigenvalue weighted by Crippen LogP contribution is 2.39. The second-order valence-corrected chi connectivity index (χ2v) is 8.51. The smallest absolute Gasteiger partial charge is 0.119 e. The molecular weight excluding hydrogens is 320 g/mol. The predicted molar refractivity (Wildman–Crippen MR) is 108 cm³/mol. The van der Waals surface area contributed by atoms with Gasteiger partial charge in [0.15, 0.2) is 0 Å². The van der Waals surface area contributed by atoms with E-state index in [-0.39, 0.29) is 0 Å². The van der Waals surface area contributed by atoms with E-state index in [1.807, 2.05) is 0 Å². The topological polar surface area (TPSA) is 15.7 Å². The number of hydrogen-bond acceptors (Lipinski definition) is 3. The minimum absolute atomic E-state index is 0.648. The summed E-state index contributed by atoms with van der Waals surface area (Å²) in [5.74, 6) is 1.04. The van der Waals surface area contributed by atoms with Crippen LogP contribution in [0.1, 0.15) is 75.8 Å². The van der Waals surface area contributed by atoms with Crippen molar-refractivity contribution >= 4 is 0 Å². The van der Waals surface area contributed by atoms with Crippen molar-refractivity contribution < 1.29 is 4.74 Å². The molecule has 3 aliphatic heterocycles. The highest BCUT2D eigenvalue weighted by Gasteiger charge is 2.34. The highest BCUT2D eigenvalue weighted by molar-refractivity contribution is 5.29. The maximum absolute atomic E-state index is 5.99. The van der Waals surface area contributed by atoms with Crippen LogP contribution in [0.15, 0.2) is 24.3 Å². The van der Waals surface area contributed by atoms with Crippen LogP contribution >= 0.6 is 0 Å². The first-order valence-corrected chi connectivity index (χ1v) is 11.1. The molecule has 3 nitrogen and oxygen atoms in total. The SMILES string of the molecule is c1cc([C@@H]2CCC[C@@H]3CCCN32)ccc1OCCCCN1CCCCC1. The number of benzene rings is 1. The van der Waals surface area contributed by atoms with Crippen molar-refractivity contribution in [3.63, 3.8) is 0 Å². The van der Waals surface area contributed by atoms with Gasteiger partial charge in [-0.25, -0.2) is 0 Å². The number of fused-ring (bicyclic) bond motifs is 1. The molecule has 1 aromatic rings. The normalized spacial score (nSPS) is 27.4. The molecule has 0 aromatic heterocycles. The molecule has 26 heavy (non-hydrogen) atoms. The van der Waals surface area contributed by atoms with Gasteiger partial charge in [-0.1, -0.05) is 18.6 Å². The Morgan fingerprint density at radius 1 is 0.808 bits per heavy atom. The lowest BCUT2D eigenvalue weighted by atomic mass is 9.92. The second-order valence-electron chi connectivity index (χ2n) is 8.51. The molecule has 144 valence electrons. The number of likely N-dealkylation sites (tertiary alicyclic amines) is 1. The van der Waals surface area contributed by atoms with Crippen molar-refractivity contribution in [1.29, 1.82) is 0 Å². The Hall–Kier alpha value is -1.06. The van der Waals surface area contributed by atoms with Crippen LogP contribution in [0.2, 0.25) is 0 Å². The molecule has 0 saturated carbocycles. The molecule has 0 amide bonds. The number of piperidine rings is 2. The summed E-state index contributed by atoms with van der Waals surface area (Å²) in [7, 11) is 0. The van der Waals surface area contributed by atoms with Crippen molar-refractivity contribution in [3.8, 4) is 5.75 Å². The van der Waals surface area contributed by atoms with Gasteiger partial charge in [0.05, 0.1) is 6.61 Å². The summed E-state index contributed by atoms with van der Waals surface area (Å²) in [4.78, 5) is 5.38. The summed E-state index contributed by atoms with van der Waals surface area (Å²) >= 11 is 0. The highest BCUT2D eigenvalue weighted by atomic mass is 16.5. The zero-order valence-electron chi connectivity index (χ0n) is 16.4. The molecule has 2 atom stereocenters. The van der Waals surface area contributed by atoms with Gasteiger partial charge in [-0.05, 0) is 102 Å². The van der Waals surface area contributed by atoms with E-state index in [1.165, 1.54) is 89.5 Å². The summed E-state index contributed by atoms with van der Waals surface area (Å²) in [6.45, 7) is 6.01. The molecule has 1 aromatic carbocycles. The van der Waals surface area contributed by atoms with E-state index in [0.717, 1.165) is 24.8 Å². The van der Waals surface area contributed by atoms with E-state index in [0.29, 0.717) is 6.04 Å². The van der Waals surface area contributed by atoms with Crippen LogP contribution in [0.25, 0.3) is 0 Å². The van der Waals surface area contributed by atoms with Gasteiger partial charge in [0.25, 0.3) is 0 Å². The Labute approximate surface area is 159 Å². The van der Waals surface area contributed by atoms with Gasteiger partial charge in [0, 0.05) is 12.1 Å². The van der Waals surface area contributed by atoms with Crippen molar-refractivity contribution in [2.45, 2.75) is 76.3 Å². The summed E-state index contributed by atoms with van der Waals surface area (Å²) in [6.07, 6.45) is 13.6. The monoisotopic (exact) mass is 356 g/mol. The van der Waals surface area contributed by atoms with Crippen molar-refractivity contribution in [1.82, 2.24) is 9.80 Å². The lowest BCUT2D eigenvalue weighted by Gasteiger charge is -2.38. The lowest BCUT2D eigenvalue weighted by molar-refractivity contribution is 0.123. The van der Waals surface area contributed by atoms with Crippen molar-refractivity contribution in [2.75, 3.05) is 32.8 Å². The van der Waals surface area contributed by atoms with Crippen molar-refractivity contribution in [3.05, 3.63) is 29.8 Å². The Bertz CT molecular complexity index is 538. The minimum atomic E-state index is 0.648. The van der Waals surface area contributed by atoms with Gasteiger partial charge >= 0.3 is 0 Å². The summed E-state index contributed by atoms with van der Waals surface area (Å²) in [5.41, 5.74) is 1.49. The number of rotatable bonds is 7. The average molecular weight is 357 g/mol. The Morgan fingerprint density at radius 3 is 2.46 bits per heavy atom. The average Bonchev–Trinajstić information content (AvgIpc) is 3.18. The predicted octanol–water partition coefficient (Wildman–Crippen LogP) is 5.02. The zero-order chi connectivity index (χ0) is 17.6. The first-order valence-electron chi connectivity index (χ1n) is 11.1. The van der Waals surface area contributed by atoms with Crippen LogP contribution in [0.4, 0.5) is 0 Å². The Balaban J connectivity index is 1.19. The molecule has 3 heterocycles. The van der Waals surface area contributed by atoms with Crippen LogP contribution in [0, 0.1) is 0 Å². The first kappa shape index (κ1) is 18.3. The molecule has 0 bridgehead atoms. The van der Waals surface area contributed by atoms with Gasteiger partial charge in [-0.3, -0.25) is 4.90 Å². The Kier molecular flexibility index (Phi) is 6.50. The maximum Gasteiger partial charge on any atom is 0.119 e. The van der Waals surface area contributed by atoms with Crippen LogP contribution in [0.3, 0.4) is 0 Å². The van der Waals surface area contributed by atoms with Crippen LogP contribution in [-0.2, 0) is 0 Å². The molecule has 0 spiro atoms. The molecule has 4 rings (SSSR count). The van der Waals surface area contributed by atoms with Gasteiger partial charge in [0.2, 0.25) is 0 Å². The Morgan fingerprint density at radius 2 is 1.62 bits per heavy atom. The van der Waals surface area contributed by atoms with E-state index in [4.69, 9.17) is 4.74 Å². The second kappa shape index (κ2) is 9.23. The van der Waals surface area contributed by atoms with Gasteiger partial charge in [0.1, 0.15) is 5.75 Å². The van der Waals surface area contributed by atoms with E-state index >= 15 is 0 Å². The van der Waals surface area contributed by atoms with E-state index < -0.39 is 0 Å². The fraction of sp³-hybridized carbons (Fsp3) is 0.739. The van der Waals surface area contributed by atoms with Gasteiger partial charge in [-0.2, -0.15) is 0 Å². The third-order valence-corrected chi connectivity index (χ3v) is 6.69. The molecule has 3 saturated heterocycles. The van der Waals surface area contributed by atoms with E-state index in [2.05, 4.69) is 34.1 Å². The number of nitrogens with zero attached hydrogens (tertiary/aromatic N) is 2. The molecule has 3 fully saturated rings. The van der Waals surface area contributed by atoms with Crippen LogP contribution < -0.4 is 4.74 Å². The quantitative estimate of drug-likeness (QED) is 0.638. The number of hydrogen-bond donors (Lipinski definition) is 0. The van der Waals surface area contributed by atoms with Gasteiger partial charge < -0.3 is 9.64 Å². The summed E-state index contributed by atoms with van der Waals surface area (Å²) in [5, 5.41) is 0. The van der Waals surface area contributed by atoms with Crippen molar-refractivity contribution in [2.24, 2.45) is 0 Å². The molecule has 0 N–H and O–H groups in total. The van der Waals surface area contributed by atoms with Gasteiger partial charge in [-0.15, -0.1) is 0 Å². The fourth-order valence-electron chi connectivity index (χ4n) is 5.25. The standard InChI is InChI=1S/C23H36N2O/c1-2-15-24(16-3-1)17-4-5-19-26-22-13-11-20(12-14-22)23-10-6-8-21-9-7-18-25(21)23/h11-14,21,23H,1-10,15-19H2/t21-,23+/m1/s1. The zero-order valence-corrected chi connectivity index (χ0v) is 16.4. The third-order valence-electron chi connectivity index (χ3n) is 6.69. The number of ether oxygens (including phenoxy) is 1. The van der Waals surface area contributed by atoms with E-state index in [9.17, 15) is 0 Å². The molecule has 3 aliphatic rings. The largest absolute Gasteiger partial charge is 0.494 e. The lowest BCUT2D eigenvalue weighted by Crippen LogP contribution is -2.37. The number of unbranched alkanes of at least 4 members (excludes halogenated alkanes) is 1. The third kappa shape index (κ3) is 4.61. The molecule has 0 aliphatic carbocycles. The summed E-state index contributed by atoms with van der Waals surface area (Å²) in [6, 6.07) is 10.5. The first-order chi connectivity index (χ1) is 12.9. The molecular formula is C23H36N2O. The minimum Gasteiger partial charge on any atom is -0.494 e. The fourth-order valence-corrected chi connectivity index (χ4v) is 5.25. The molecule has 3 heteroatoms. The van der Waals surface area contributed by atoms with Crippen LogP contribution in [-0.4, -0.2) is 48.6 Å². The molecule has 0 unspecified atom stereocenters. The molecule has 0 radical (unpaired) electrons. The summed E-state index contributed by atoms with van der Waals surface area (Å²) < 4.78 is 5.99.